The van der Waals surface area contributed by atoms with E-state index in [4.69, 9.17) is 16.6 Å². The molecule has 2 aromatic carbocycles. The molecule has 0 fully saturated rings. The Morgan fingerprint density at radius 1 is 1.07 bits per heavy atom. The lowest BCUT2D eigenvalue weighted by molar-refractivity contribution is 0.0981. The summed E-state index contributed by atoms with van der Waals surface area (Å²) in [5.41, 5.74) is 3.62. The Kier molecular flexibility index (Phi) is 5.94. The number of aromatic nitrogens is 3. The van der Waals surface area contributed by atoms with E-state index in [2.05, 4.69) is 14.9 Å². The number of hydrogen-bond acceptors (Lipinski definition) is 6. The number of rotatable bonds is 6. The minimum Gasteiger partial charge on any atom is -0.309 e. The molecule has 2 heterocycles. The number of benzene rings is 2. The summed E-state index contributed by atoms with van der Waals surface area (Å²) in [6.07, 6.45) is 2.34. The van der Waals surface area contributed by atoms with Crippen molar-refractivity contribution in [1.29, 1.82) is 0 Å². The van der Waals surface area contributed by atoms with Gasteiger partial charge in [-0.25, -0.2) is 9.97 Å². The maximum Gasteiger partial charge on any atom is 0.280 e. The van der Waals surface area contributed by atoms with E-state index in [1.165, 1.54) is 17.5 Å². The predicted octanol–water partition coefficient (Wildman–Crippen LogP) is 4.80. The number of fused-ring (bicyclic) bond motifs is 2. The van der Waals surface area contributed by atoms with Crippen LogP contribution in [0.5, 0.6) is 0 Å². The second-order valence-electron chi connectivity index (χ2n) is 7.40. The van der Waals surface area contributed by atoms with Crippen LogP contribution >= 0.6 is 22.9 Å². The molecule has 0 radical (unpaired) electrons. The zero-order chi connectivity index (χ0) is 21.3. The fourth-order valence-corrected chi connectivity index (χ4v) is 4.57. The highest BCUT2D eigenvalue weighted by atomic mass is 35.5. The summed E-state index contributed by atoms with van der Waals surface area (Å²) >= 11 is 7.82. The van der Waals surface area contributed by atoms with Crippen molar-refractivity contribution in [1.82, 2.24) is 19.9 Å². The summed E-state index contributed by atoms with van der Waals surface area (Å²) in [5.74, 6) is -0.208. The number of nitrogens with zero attached hydrogens (tertiary/aromatic N) is 5. The van der Waals surface area contributed by atoms with Crippen molar-refractivity contribution >= 4 is 55.2 Å². The molecule has 0 saturated carbocycles. The molecule has 154 valence electrons. The first-order valence-electron chi connectivity index (χ1n) is 9.68. The highest BCUT2D eigenvalue weighted by Crippen LogP contribution is 2.36. The van der Waals surface area contributed by atoms with E-state index in [1.54, 1.807) is 4.90 Å². The summed E-state index contributed by atoms with van der Waals surface area (Å²) in [7, 11) is 4.03. The standard InChI is InChI=1S/C22H22ClN5OS/c1-14-9-10-15(23)20-19(14)26-22(30-20)28(12-6-11-27(2)3)21(29)18-13-24-16-7-4-5-8-17(16)25-18/h4-5,7-10,13H,6,11-12H2,1-3H3. The molecule has 6 nitrogen and oxygen atoms in total. The number of para-hydroxylation sites is 2. The number of aryl methyl sites for hydroxylation is 1. The van der Waals surface area contributed by atoms with Gasteiger partial charge in [-0.05, 0) is 57.7 Å². The molecule has 0 unspecified atom stereocenters. The third-order valence-corrected chi connectivity index (χ3v) is 6.36. The van der Waals surface area contributed by atoms with Crippen LogP contribution in [0.2, 0.25) is 5.02 Å². The van der Waals surface area contributed by atoms with Crippen LogP contribution < -0.4 is 4.90 Å². The van der Waals surface area contributed by atoms with Gasteiger partial charge in [-0.3, -0.25) is 14.7 Å². The minimum absolute atomic E-state index is 0.208. The third-order valence-electron chi connectivity index (χ3n) is 4.82. The Balaban J connectivity index is 1.74. The largest absolute Gasteiger partial charge is 0.309 e. The first-order valence-corrected chi connectivity index (χ1v) is 10.9. The molecule has 0 saturated heterocycles. The quantitative estimate of drug-likeness (QED) is 0.431. The van der Waals surface area contributed by atoms with Gasteiger partial charge in [0.25, 0.3) is 5.91 Å². The molecular weight excluding hydrogens is 418 g/mol. The van der Waals surface area contributed by atoms with Gasteiger partial charge in [0.15, 0.2) is 5.13 Å². The Labute approximate surface area is 184 Å². The summed E-state index contributed by atoms with van der Waals surface area (Å²) < 4.78 is 0.890. The van der Waals surface area contributed by atoms with Crippen molar-refractivity contribution < 1.29 is 4.79 Å². The topological polar surface area (TPSA) is 62.2 Å². The zero-order valence-electron chi connectivity index (χ0n) is 17.1. The highest BCUT2D eigenvalue weighted by Gasteiger charge is 2.24. The van der Waals surface area contributed by atoms with Crippen LogP contribution in [-0.4, -0.2) is 52.9 Å². The maximum atomic E-state index is 13.5. The van der Waals surface area contributed by atoms with E-state index in [9.17, 15) is 4.79 Å². The van der Waals surface area contributed by atoms with Crippen molar-refractivity contribution in [3.05, 3.63) is 58.9 Å². The van der Waals surface area contributed by atoms with Gasteiger partial charge in [0.05, 0.1) is 32.5 Å². The first kappa shape index (κ1) is 20.7. The molecule has 8 heteroatoms. The number of amides is 1. The molecule has 0 atom stereocenters. The second kappa shape index (κ2) is 8.63. The van der Waals surface area contributed by atoms with Gasteiger partial charge in [-0.1, -0.05) is 41.1 Å². The lowest BCUT2D eigenvalue weighted by Crippen LogP contribution is -2.34. The highest BCUT2D eigenvalue weighted by molar-refractivity contribution is 7.23. The van der Waals surface area contributed by atoms with Crippen molar-refractivity contribution in [2.45, 2.75) is 13.3 Å². The van der Waals surface area contributed by atoms with Crippen molar-refractivity contribution in [2.75, 3.05) is 32.1 Å². The van der Waals surface area contributed by atoms with E-state index in [-0.39, 0.29) is 5.91 Å². The van der Waals surface area contributed by atoms with Gasteiger partial charge < -0.3 is 4.90 Å². The molecule has 4 rings (SSSR count). The van der Waals surface area contributed by atoms with Gasteiger partial charge in [0, 0.05) is 6.54 Å². The van der Waals surface area contributed by atoms with Crippen LogP contribution in [0.15, 0.2) is 42.6 Å². The number of carbonyl (C=O) groups excluding carboxylic acids is 1. The molecular formula is C22H22ClN5OS. The lowest BCUT2D eigenvalue weighted by atomic mass is 10.2. The van der Waals surface area contributed by atoms with E-state index in [0.717, 1.165) is 34.3 Å². The third kappa shape index (κ3) is 4.14. The van der Waals surface area contributed by atoms with Crippen LogP contribution in [0.1, 0.15) is 22.5 Å². The van der Waals surface area contributed by atoms with E-state index >= 15 is 0 Å². The fourth-order valence-electron chi connectivity index (χ4n) is 3.23. The molecule has 0 aliphatic heterocycles. The molecule has 0 spiro atoms. The van der Waals surface area contributed by atoms with Crippen LogP contribution in [0.3, 0.4) is 0 Å². The molecule has 0 aliphatic rings. The predicted molar refractivity (Wildman–Crippen MR) is 124 cm³/mol. The van der Waals surface area contributed by atoms with E-state index < -0.39 is 0 Å². The summed E-state index contributed by atoms with van der Waals surface area (Å²) in [6, 6.07) is 11.3. The number of carbonyl (C=O) groups is 1. The molecule has 0 bridgehead atoms. The van der Waals surface area contributed by atoms with Crippen molar-refractivity contribution in [2.24, 2.45) is 0 Å². The van der Waals surface area contributed by atoms with Crippen LogP contribution in [0.4, 0.5) is 5.13 Å². The SMILES string of the molecule is Cc1ccc(Cl)c2sc(N(CCCN(C)C)C(=O)c3cnc4ccccc4n3)nc12. The monoisotopic (exact) mass is 439 g/mol. The van der Waals surface area contributed by atoms with Gasteiger partial charge in [0.1, 0.15) is 5.69 Å². The Bertz CT molecular complexity index is 1180. The Morgan fingerprint density at radius 3 is 2.57 bits per heavy atom. The maximum absolute atomic E-state index is 13.5. The summed E-state index contributed by atoms with van der Waals surface area (Å²) in [4.78, 5) is 30.9. The molecule has 1 amide bonds. The Morgan fingerprint density at radius 2 is 1.83 bits per heavy atom. The molecule has 2 aromatic heterocycles. The molecule has 0 N–H and O–H groups in total. The van der Waals surface area contributed by atoms with Crippen molar-refractivity contribution in [3.63, 3.8) is 0 Å². The fraction of sp³-hybridized carbons (Fsp3) is 0.273. The van der Waals surface area contributed by atoms with Gasteiger partial charge >= 0.3 is 0 Å². The van der Waals surface area contributed by atoms with E-state index in [0.29, 0.717) is 27.9 Å². The zero-order valence-corrected chi connectivity index (χ0v) is 18.7. The van der Waals surface area contributed by atoms with Crippen LogP contribution in [-0.2, 0) is 0 Å². The molecule has 4 aromatic rings. The average molecular weight is 440 g/mol. The lowest BCUT2D eigenvalue weighted by Gasteiger charge is -2.20. The Hall–Kier alpha value is -2.61. The number of halogens is 1. The number of hydrogen-bond donors (Lipinski definition) is 0. The smallest absolute Gasteiger partial charge is 0.280 e. The van der Waals surface area contributed by atoms with Gasteiger partial charge in [-0.15, -0.1) is 0 Å². The second-order valence-corrected chi connectivity index (χ2v) is 8.78. The number of thiazole rings is 1. The minimum atomic E-state index is -0.208. The van der Waals surface area contributed by atoms with Crippen LogP contribution in [0.25, 0.3) is 21.3 Å². The van der Waals surface area contributed by atoms with Crippen molar-refractivity contribution in [3.8, 4) is 0 Å². The summed E-state index contributed by atoms with van der Waals surface area (Å²) in [6.45, 7) is 3.38. The summed E-state index contributed by atoms with van der Waals surface area (Å²) in [5, 5.41) is 1.27. The molecule has 0 aliphatic carbocycles. The van der Waals surface area contributed by atoms with E-state index in [1.807, 2.05) is 57.4 Å². The first-order chi connectivity index (χ1) is 14.4. The average Bonchev–Trinajstić information content (AvgIpc) is 3.19. The van der Waals surface area contributed by atoms with Crippen LogP contribution in [0, 0.1) is 6.92 Å². The normalized spacial score (nSPS) is 11.5. The van der Waals surface area contributed by atoms with Gasteiger partial charge in [0.2, 0.25) is 0 Å². The number of anilines is 1. The molecule has 30 heavy (non-hydrogen) atoms. The van der Waals surface area contributed by atoms with Gasteiger partial charge in [-0.2, -0.15) is 0 Å².